The number of unbranched alkanes of at least 4 members (excludes halogenated alkanes) is 4. The van der Waals surface area contributed by atoms with Gasteiger partial charge in [0.25, 0.3) is 0 Å². The molecular weight excluding hydrogens is 180 g/mol. The van der Waals surface area contributed by atoms with E-state index in [9.17, 15) is 4.79 Å². The maximum Gasteiger partial charge on any atom is 0.351 e. The molecule has 4 nitrogen and oxygen atoms in total. The second-order valence-corrected chi connectivity index (χ2v) is 3.32. The first-order chi connectivity index (χ1) is 6.68. The molecule has 0 saturated heterocycles. The van der Waals surface area contributed by atoms with Gasteiger partial charge in [-0.05, 0) is 13.3 Å². The first-order valence-corrected chi connectivity index (χ1v) is 5.19. The molecule has 0 saturated carbocycles. The number of hydrazone groups is 1. The van der Waals surface area contributed by atoms with Crippen molar-refractivity contribution in [2.45, 2.75) is 46.0 Å². The predicted molar refractivity (Wildman–Crippen MR) is 57.5 cm³/mol. The Hall–Kier alpha value is -1.06. The molecule has 4 heteroatoms. The Morgan fingerprint density at radius 1 is 1.29 bits per heavy atom. The van der Waals surface area contributed by atoms with Crippen molar-refractivity contribution in [2.24, 2.45) is 5.10 Å². The summed E-state index contributed by atoms with van der Waals surface area (Å²) in [6.07, 6.45) is 6.00. The molecule has 2 N–H and O–H groups in total. The zero-order valence-corrected chi connectivity index (χ0v) is 9.05. The van der Waals surface area contributed by atoms with E-state index >= 15 is 0 Å². The molecule has 0 rings (SSSR count). The van der Waals surface area contributed by atoms with Crippen molar-refractivity contribution in [2.75, 3.05) is 6.54 Å². The van der Waals surface area contributed by atoms with Gasteiger partial charge in [0.1, 0.15) is 5.71 Å². The third kappa shape index (κ3) is 7.58. The van der Waals surface area contributed by atoms with Gasteiger partial charge in [-0.2, -0.15) is 5.10 Å². The molecule has 14 heavy (non-hydrogen) atoms. The molecule has 0 aromatic rings. The number of hydrogen-bond donors (Lipinski definition) is 2. The van der Waals surface area contributed by atoms with Gasteiger partial charge in [0, 0.05) is 6.54 Å². The van der Waals surface area contributed by atoms with Crippen molar-refractivity contribution in [3.8, 4) is 0 Å². The summed E-state index contributed by atoms with van der Waals surface area (Å²) in [6, 6.07) is 0. The predicted octanol–water partition coefficient (Wildman–Crippen LogP) is 2.01. The number of nitrogens with zero attached hydrogens (tertiary/aromatic N) is 1. The van der Waals surface area contributed by atoms with Crippen molar-refractivity contribution < 1.29 is 9.90 Å². The first kappa shape index (κ1) is 12.9. The fourth-order valence-electron chi connectivity index (χ4n) is 1.03. The fraction of sp³-hybridized carbons (Fsp3) is 0.800. The highest BCUT2D eigenvalue weighted by molar-refractivity contribution is 6.34. The van der Waals surface area contributed by atoms with Gasteiger partial charge in [0.15, 0.2) is 0 Å². The minimum atomic E-state index is -0.969. The molecule has 0 aliphatic carbocycles. The molecule has 0 radical (unpaired) electrons. The maximum atomic E-state index is 10.3. The summed E-state index contributed by atoms with van der Waals surface area (Å²) >= 11 is 0. The summed E-state index contributed by atoms with van der Waals surface area (Å²) in [6.45, 7) is 4.42. The van der Waals surface area contributed by atoms with E-state index in [-0.39, 0.29) is 5.71 Å². The monoisotopic (exact) mass is 200 g/mol. The molecule has 0 aromatic heterocycles. The number of carbonyl (C=O) groups is 1. The zero-order valence-electron chi connectivity index (χ0n) is 9.05. The first-order valence-electron chi connectivity index (χ1n) is 5.19. The summed E-state index contributed by atoms with van der Waals surface area (Å²) in [5.41, 5.74) is 2.86. The molecule has 0 spiro atoms. The lowest BCUT2D eigenvalue weighted by molar-refractivity contribution is -0.129. The maximum absolute atomic E-state index is 10.3. The Bertz CT molecular complexity index is 191. The second-order valence-electron chi connectivity index (χ2n) is 3.32. The topological polar surface area (TPSA) is 61.7 Å². The van der Waals surface area contributed by atoms with Gasteiger partial charge in [-0.15, -0.1) is 0 Å². The SMILES string of the molecule is CCCCCCCN/N=C(\C)C(=O)O. The van der Waals surface area contributed by atoms with Gasteiger partial charge in [0.2, 0.25) is 0 Å². The summed E-state index contributed by atoms with van der Waals surface area (Å²) in [5, 5.41) is 12.2. The van der Waals surface area contributed by atoms with Crippen LogP contribution >= 0.6 is 0 Å². The Labute approximate surface area is 85.4 Å². The van der Waals surface area contributed by atoms with E-state index < -0.39 is 5.97 Å². The smallest absolute Gasteiger partial charge is 0.351 e. The standard InChI is InChI=1S/C10H20N2O2/c1-3-4-5-6-7-8-11-12-9(2)10(13)14/h11H,3-8H2,1-2H3,(H,13,14)/b12-9+. The molecule has 0 heterocycles. The Morgan fingerprint density at radius 2 is 1.93 bits per heavy atom. The van der Waals surface area contributed by atoms with Gasteiger partial charge in [0.05, 0.1) is 0 Å². The lowest BCUT2D eigenvalue weighted by atomic mass is 10.2. The van der Waals surface area contributed by atoms with Gasteiger partial charge in [-0.3, -0.25) is 0 Å². The van der Waals surface area contributed by atoms with Gasteiger partial charge >= 0.3 is 5.97 Å². The molecule has 0 aliphatic rings. The highest BCUT2D eigenvalue weighted by atomic mass is 16.4. The van der Waals surface area contributed by atoms with Gasteiger partial charge in [-0.1, -0.05) is 32.6 Å². The van der Waals surface area contributed by atoms with Crippen LogP contribution in [-0.4, -0.2) is 23.3 Å². The normalized spacial score (nSPS) is 11.4. The highest BCUT2D eigenvalue weighted by Gasteiger charge is 1.99. The number of nitrogens with one attached hydrogen (secondary N) is 1. The Morgan fingerprint density at radius 3 is 2.50 bits per heavy atom. The Kier molecular flexibility index (Phi) is 7.89. The van der Waals surface area contributed by atoms with E-state index in [2.05, 4.69) is 17.5 Å². The van der Waals surface area contributed by atoms with E-state index in [1.807, 2.05) is 0 Å². The third-order valence-electron chi connectivity index (χ3n) is 1.95. The summed E-state index contributed by atoms with van der Waals surface area (Å²) in [4.78, 5) is 10.3. The average Bonchev–Trinajstić information content (AvgIpc) is 2.16. The number of carboxylic acids is 1. The molecule has 0 aromatic carbocycles. The van der Waals surface area contributed by atoms with Crippen LogP contribution < -0.4 is 5.43 Å². The van der Waals surface area contributed by atoms with Crippen molar-refractivity contribution in [3.05, 3.63) is 0 Å². The number of carboxylic acid groups (broad SMARTS) is 1. The molecule has 0 aliphatic heterocycles. The van der Waals surface area contributed by atoms with E-state index in [1.165, 1.54) is 32.6 Å². The van der Waals surface area contributed by atoms with Crippen molar-refractivity contribution >= 4 is 11.7 Å². The van der Waals surface area contributed by atoms with E-state index in [4.69, 9.17) is 5.11 Å². The molecular formula is C10H20N2O2. The Balaban J connectivity index is 3.29. The molecule has 0 bridgehead atoms. The quantitative estimate of drug-likeness (QED) is 0.358. The van der Waals surface area contributed by atoms with Crippen LogP contribution in [0.3, 0.4) is 0 Å². The van der Waals surface area contributed by atoms with Crippen molar-refractivity contribution in [1.29, 1.82) is 0 Å². The lowest BCUT2D eigenvalue weighted by Gasteiger charge is -2.00. The minimum absolute atomic E-state index is 0.110. The molecule has 82 valence electrons. The zero-order chi connectivity index (χ0) is 10.8. The molecule has 0 atom stereocenters. The number of rotatable bonds is 8. The molecule has 0 amide bonds. The van der Waals surface area contributed by atoms with Crippen LogP contribution in [0.5, 0.6) is 0 Å². The largest absolute Gasteiger partial charge is 0.477 e. The summed E-state index contributed by atoms with van der Waals surface area (Å²) < 4.78 is 0. The van der Waals surface area contributed by atoms with E-state index in [0.29, 0.717) is 0 Å². The fourth-order valence-corrected chi connectivity index (χ4v) is 1.03. The van der Waals surface area contributed by atoms with E-state index in [0.717, 1.165) is 13.0 Å². The van der Waals surface area contributed by atoms with Crippen molar-refractivity contribution in [1.82, 2.24) is 5.43 Å². The van der Waals surface area contributed by atoms with Crippen LogP contribution in [0, 0.1) is 0 Å². The molecule has 0 fully saturated rings. The van der Waals surface area contributed by atoms with Gasteiger partial charge in [-0.25, -0.2) is 4.79 Å². The van der Waals surface area contributed by atoms with Crippen LogP contribution in [0.25, 0.3) is 0 Å². The van der Waals surface area contributed by atoms with Crippen LogP contribution in [0.4, 0.5) is 0 Å². The lowest BCUT2D eigenvalue weighted by Crippen LogP contribution is -2.16. The summed E-state index contributed by atoms with van der Waals surface area (Å²) in [5.74, 6) is -0.969. The highest BCUT2D eigenvalue weighted by Crippen LogP contribution is 2.00. The van der Waals surface area contributed by atoms with Crippen LogP contribution in [0.15, 0.2) is 5.10 Å². The van der Waals surface area contributed by atoms with Crippen LogP contribution in [0.2, 0.25) is 0 Å². The third-order valence-corrected chi connectivity index (χ3v) is 1.95. The average molecular weight is 200 g/mol. The minimum Gasteiger partial charge on any atom is -0.477 e. The van der Waals surface area contributed by atoms with Crippen LogP contribution in [0.1, 0.15) is 46.0 Å². The summed E-state index contributed by atoms with van der Waals surface area (Å²) in [7, 11) is 0. The second kappa shape index (κ2) is 8.53. The number of hydrogen-bond acceptors (Lipinski definition) is 3. The number of aliphatic carboxylic acids is 1. The van der Waals surface area contributed by atoms with E-state index in [1.54, 1.807) is 0 Å². The van der Waals surface area contributed by atoms with Crippen LogP contribution in [-0.2, 0) is 4.79 Å². The van der Waals surface area contributed by atoms with Gasteiger partial charge < -0.3 is 10.5 Å². The molecule has 0 unspecified atom stereocenters. The van der Waals surface area contributed by atoms with Crippen molar-refractivity contribution in [3.63, 3.8) is 0 Å².